The van der Waals surface area contributed by atoms with Crippen LogP contribution in [0.3, 0.4) is 0 Å². The van der Waals surface area contributed by atoms with Gasteiger partial charge in [-0.25, -0.2) is 13.2 Å². The molecule has 0 bridgehead atoms. The molecule has 4 aromatic carbocycles. The Balaban J connectivity index is 1.20. The zero-order valence-corrected chi connectivity index (χ0v) is 30.0. The molecule has 2 N–H and O–H groups in total. The van der Waals surface area contributed by atoms with Crippen LogP contribution in [0.4, 0.5) is 17.1 Å². The summed E-state index contributed by atoms with van der Waals surface area (Å²) in [4.78, 5) is 29.0. The van der Waals surface area contributed by atoms with E-state index in [-0.39, 0.29) is 10.6 Å². The van der Waals surface area contributed by atoms with E-state index in [1.54, 1.807) is 6.92 Å². The molecule has 0 atom stereocenters. The first kappa shape index (κ1) is 34.1. The van der Waals surface area contributed by atoms with Gasteiger partial charge in [-0.15, -0.1) is 11.3 Å². The number of anilines is 3. The number of thiophene rings is 1. The number of piperidine rings is 1. The molecule has 0 spiro atoms. The van der Waals surface area contributed by atoms with Crippen LogP contribution in [-0.4, -0.2) is 45.1 Å². The molecule has 1 aliphatic rings. The predicted molar refractivity (Wildman–Crippen MR) is 205 cm³/mol. The highest BCUT2D eigenvalue weighted by atomic mass is 32.2. The predicted octanol–water partition coefficient (Wildman–Crippen LogP) is 8.56. The van der Waals surface area contributed by atoms with Crippen LogP contribution < -0.4 is 14.9 Å². The number of hydrogen-bond donors (Lipinski definition) is 2. The van der Waals surface area contributed by atoms with Crippen LogP contribution in [0, 0.1) is 6.92 Å². The fourth-order valence-electron chi connectivity index (χ4n) is 6.59. The van der Waals surface area contributed by atoms with Gasteiger partial charge in [-0.05, 0) is 104 Å². The largest absolute Gasteiger partial charge is 0.465 e. The summed E-state index contributed by atoms with van der Waals surface area (Å²) in [6, 6.07) is 31.9. The van der Waals surface area contributed by atoms with E-state index < -0.39 is 21.9 Å². The van der Waals surface area contributed by atoms with E-state index in [1.807, 2.05) is 72.9 Å². The topological polar surface area (TPSA) is 110 Å². The lowest BCUT2D eigenvalue weighted by atomic mass is 10.1. The van der Waals surface area contributed by atoms with E-state index in [2.05, 4.69) is 31.6 Å². The monoisotopic (exact) mass is 718 g/mol. The van der Waals surface area contributed by atoms with Gasteiger partial charge in [0.2, 0.25) is 0 Å². The van der Waals surface area contributed by atoms with Crippen molar-refractivity contribution in [3.63, 3.8) is 0 Å². The maximum Gasteiger partial charge on any atom is 0.337 e. The molecule has 0 saturated carbocycles. The number of esters is 1. The van der Waals surface area contributed by atoms with Crippen molar-refractivity contribution in [1.29, 1.82) is 0 Å². The summed E-state index contributed by atoms with van der Waals surface area (Å²) in [5.41, 5.74) is 5.55. The molecule has 0 unspecified atom stereocenters. The molecule has 2 aromatic heterocycles. The minimum absolute atomic E-state index is 0.0360. The molecular weight excluding hydrogens is 681 g/mol. The third kappa shape index (κ3) is 7.26. The summed E-state index contributed by atoms with van der Waals surface area (Å²) >= 11 is 1.15. The molecule has 1 saturated heterocycles. The van der Waals surface area contributed by atoms with E-state index in [1.165, 1.54) is 43.4 Å². The molecule has 9 nitrogen and oxygen atoms in total. The second-order valence-electron chi connectivity index (χ2n) is 12.6. The molecule has 1 aliphatic heterocycles. The third-order valence-electron chi connectivity index (χ3n) is 9.20. The lowest BCUT2D eigenvalue weighted by Crippen LogP contribution is -2.29. The van der Waals surface area contributed by atoms with Gasteiger partial charge in [-0.1, -0.05) is 42.5 Å². The second-order valence-corrected chi connectivity index (χ2v) is 15.3. The van der Waals surface area contributed by atoms with Crippen LogP contribution in [0.15, 0.2) is 114 Å². The Morgan fingerprint density at radius 3 is 2.25 bits per heavy atom. The highest BCUT2D eigenvalue weighted by Crippen LogP contribution is 2.41. The summed E-state index contributed by atoms with van der Waals surface area (Å²) < 4.78 is 37.9. The molecule has 7 rings (SSSR count). The number of benzene rings is 4. The van der Waals surface area contributed by atoms with Gasteiger partial charge in [-0.2, -0.15) is 0 Å². The van der Waals surface area contributed by atoms with E-state index in [9.17, 15) is 18.0 Å². The molecule has 0 radical (unpaired) electrons. The zero-order chi connectivity index (χ0) is 35.5. The van der Waals surface area contributed by atoms with Crippen molar-refractivity contribution in [3.05, 3.63) is 131 Å². The van der Waals surface area contributed by atoms with Crippen molar-refractivity contribution in [2.24, 2.45) is 0 Å². The Hall–Kier alpha value is -5.39. The average molecular weight is 719 g/mol. The minimum Gasteiger partial charge on any atom is -0.465 e. The number of ether oxygens (including phenoxy) is 1. The SMILES string of the molecule is COC(=O)c1ccc(NS(=O)(=O)c2c(-c3ccc(N4CCCCC4)cc3)sc(C(=O)Nc3ccc4c(ccn4Cc4ccccc4)c3)c2C)cc1. The Bertz CT molecular complexity index is 2310. The van der Waals surface area contributed by atoms with Crippen molar-refractivity contribution in [2.75, 3.05) is 35.1 Å². The molecule has 260 valence electrons. The lowest BCUT2D eigenvalue weighted by molar-refractivity contribution is 0.0600. The number of rotatable bonds is 10. The van der Waals surface area contributed by atoms with Gasteiger partial charge < -0.3 is 19.5 Å². The number of carbonyl (C=O) groups excluding carboxylic acids is 2. The number of amides is 1. The van der Waals surface area contributed by atoms with E-state index >= 15 is 0 Å². The van der Waals surface area contributed by atoms with Gasteiger partial charge in [0.1, 0.15) is 4.90 Å². The van der Waals surface area contributed by atoms with Crippen LogP contribution >= 0.6 is 11.3 Å². The Labute approximate surface area is 301 Å². The highest BCUT2D eigenvalue weighted by molar-refractivity contribution is 7.93. The average Bonchev–Trinajstić information content (AvgIpc) is 3.72. The van der Waals surface area contributed by atoms with Crippen molar-refractivity contribution in [3.8, 4) is 10.4 Å². The molecule has 0 aliphatic carbocycles. The maximum absolute atomic E-state index is 14.1. The fourth-order valence-corrected chi connectivity index (χ4v) is 9.62. The first-order valence-corrected chi connectivity index (χ1v) is 19.1. The highest BCUT2D eigenvalue weighted by Gasteiger charge is 2.30. The number of nitrogens with zero attached hydrogens (tertiary/aromatic N) is 2. The standard InChI is InChI=1S/C40H38N4O5S2/c1-27-36(39(45)41-33-17-20-35-31(25-33)21-24-44(35)26-28-9-5-3-6-10-28)50-37(29-13-18-34(19-14-29)43-22-7-4-8-23-43)38(27)51(47,48)42-32-15-11-30(12-16-32)40(46)49-2/h3,5-6,9-21,24-25,42H,4,7-8,22-23,26H2,1-2H3,(H,41,45). The molecule has 51 heavy (non-hydrogen) atoms. The summed E-state index contributed by atoms with van der Waals surface area (Å²) in [5.74, 6) is -0.913. The molecule has 3 heterocycles. The minimum atomic E-state index is -4.18. The van der Waals surface area contributed by atoms with Gasteiger partial charge >= 0.3 is 5.97 Å². The summed E-state index contributed by atoms with van der Waals surface area (Å²) in [6.45, 7) is 4.37. The van der Waals surface area contributed by atoms with E-state index in [4.69, 9.17) is 4.74 Å². The number of carbonyl (C=O) groups is 2. The van der Waals surface area contributed by atoms with E-state index in [0.717, 1.165) is 60.4 Å². The van der Waals surface area contributed by atoms with Crippen LogP contribution in [0.25, 0.3) is 21.3 Å². The summed E-state index contributed by atoms with van der Waals surface area (Å²) in [6.07, 6.45) is 5.54. The fraction of sp³-hybridized carbons (Fsp3) is 0.200. The summed E-state index contributed by atoms with van der Waals surface area (Å²) in [5, 5.41) is 3.99. The second kappa shape index (κ2) is 14.5. The first-order chi connectivity index (χ1) is 24.7. The van der Waals surface area contributed by atoms with Crippen LogP contribution in [-0.2, 0) is 21.3 Å². The van der Waals surface area contributed by atoms with Crippen LogP contribution in [0.1, 0.15) is 50.4 Å². The molecular formula is C40H38N4O5S2. The lowest BCUT2D eigenvalue weighted by Gasteiger charge is -2.28. The van der Waals surface area contributed by atoms with Gasteiger partial charge in [0, 0.05) is 53.8 Å². The smallest absolute Gasteiger partial charge is 0.337 e. The number of nitrogens with one attached hydrogen (secondary N) is 2. The number of methoxy groups -OCH3 is 1. The summed E-state index contributed by atoms with van der Waals surface area (Å²) in [7, 11) is -2.89. The van der Waals surface area contributed by atoms with Gasteiger partial charge in [0.15, 0.2) is 0 Å². The van der Waals surface area contributed by atoms with Crippen molar-refractivity contribution in [2.45, 2.75) is 37.6 Å². The molecule has 1 fully saturated rings. The Morgan fingerprint density at radius 2 is 1.55 bits per heavy atom. The molecule has 1 amide bonds. The Kier molecular flexibility index (Phi) is 9.66. The van der Waals surface area contributed by atoms with Crippen molar-refractivity contribution < 1.29 is 22.7 Å². The first-order valence-electron chi connectivity index (χ1n) is 16.8. The Morgan fingerprint density at radius 1 is 0.843 bits per heavy atom. The number of hydrogen-bond acceptors (Lipinski definition) is 7. The quantitative estimate of drug-likeness (QED) is 0.137. The van der Waals surface area contributed by atoms with E-state index in [0.29, 0.717) is 32.1 Å². The normalized spacial score (nSPS) is 13.3. The maximum atomic E-state index is 14.1. The van der Waals surface area contributed by atoms with Gasteiger partial charge in [0.25, 0.3) is 15.9 Å². The zero-order valence-electron chi connectivity index (χ0n) is 28.4. The van der Waals surface area contributed by atoms with Crippen molar-refractivity contribution >= 4 is 61.2 Å². The van der Waals surface area contributed by atoms with Crippen LogP contribution in [0.2, 0.25) is 0 Å². The molecule has 6 aromatic rings. The number of sulfonamides is 1. The molecule has 11 heteroatoms. The third-order valence-corrected chi connectivity index (χ3v) is 12.2. The van der Waals surface area contributed by atoms with Gasteiger partial charge in [0.05, 0.1) is 22.4 Å². The number of aromatic nitrogens is 1. The van der Waals surface area contributed by atoms with Crippen LogP contribution in [0.5, 0.6) is 0 Å². The van der Waals surface area contributed by atoms with Crippen molar-refractivity contribution in [1.82, 2.24) is 4.57 Å². The van der Waals surface area contributed by atoms with Gasteiger partial charge in [-0.3, -0.25) is 9.52 Å². The number of fused-ring (bicyclic) bond motifs is 1.